The third-order valence-electron chi connectivity index (χ3n) is 6.52. The number of halogens is 3. The van der Waals surface area contributed by atoms with Crippen molar-refractivity contribution < 1.29 is 27.4 Å². The summed E-state index contributed by atoms with van der Waals surface area (Å²) in [6.07, 6.45) is 0.115. The van der Waals surface area contributed by atoms with Crippen molar-refractivity contribution in [1.82, 2.24) is 20.2 Å². The highest BCUT2D eigenvalue weighted by Gasteiger charge is 2.29. The van der Waals surface area contributed by atoms with E-state index >= 15 is 0 Å². The van der Waals surface area contributed by atoms with Gasteiger partial charge in [0.25, 0.3) is 5.91 Å². The lowest BCUT2D eigenvalue weighted by Crippen LogP contribution is -2.42. The number of carbonyl (C=O) groups excluding carboxylic acids is 1. The number of morpholine rings is 1. The van der Waals surface area contributed by atoms with Crippen LogP contribution in [0.25, 0.3) is 11.3 Å². The number of nitrogens with zero attached hydrogens (tertiary/aromatic N) is 2. The highest BCUT2D eigenvalue weighted by atomic mass is 19.3. The van der Waals surface area contributed by atoms with Gasteiger partial charge < -0.3 is 30.0 Å². The number of pyridine rings is 1. The van der Waals surface area contributed by atoms with Gasteiger partial charge in [-0.25, -0.2) is 13.2 Å². The van der Waals surface area contributed by atoms with Crippen LogP contribution in [0.15, 0.2) is 36.7 Å². The fourth-order valence-corrected chi connectivity index (χ4v) is 4.73. The van der Waals surface area contributed by atoms with Crippen LogP contribution in [0.3, 0.4) is 0 Å². The molecule has 1 saturated heterocycles. The molecule has 37 heavy (non-hydrogen) atoms. The van der Waals surface area contributed by atoms with Gasteiger partial charge in [0.2, 0.25) is 6.43 Å². The molecule has 0 radical (unpaired) electrons. The Morgan fingerprint density at radius 3 is 3.00 bits per heavy atom. The molecule has 3 N–H and O–H groups in total. The second-order valence-corrected chi connectivity index (χ2v) is 9.16. The van der Waals surface area contributed by atoms with E-state index in [0.717, 1.165) is 19.2 Å². The van der Waals surface area contributed by atoms with Crippen LogP contribution in [0.4, 0.5) is 24.5 Å². The van der Waals surface area contributed by atoms with Crippen molar-refractivity contribution in [2.24, 2.45) is 0 Å². The first-order chi connectivity index (χ1) is 17.9. The average Bonchev–Trinajstić information content (AvgIpc) is 3.24. The molecule has 8 nitrogen and oxygen atoms in total. The second kappa shape index (κ2) is 10.8. The molecule has 3 aromatic rings. The highest BCUT2D eigenvalue weighted by molar-refractivity contribution is 6.06. The molecule has 1 atom stereocenters. The molecule has 0 spiro atoms. The number of hydrogen-bond donors (Lipinski definition) is 3. The van der Waals surface area contributed by atoms with Gasteiger partial charge in [-0.15, -0.1) is 0 Å². The number of ether oxygens (including phenoxy) is 2. The lowest BCUT2D eigenvalue weighted by Gasteiger charge is -2.30. The maximum Gasteiger partial charge on any atom is 0.255 e. The Kier molecular flexibility index (Phi) is 7.33. The van der Waals surface area contributed by atoms with Crippen LogP contribution in [0.1, 0.15) is 21.6 Å². The zero-order valence-electron chi connectivity index (χ0n) is 20.3. The Morgan fingerprint density at radius 1 is 1.32 bits per heavy atom. The van der Waals surface area contributed by atoms with Crippen molar-refractivity contribution in [3.05, 3.63) is 59.3 Å². The number of alkyl halides is 2. The first-order valence-electron chi connectivity index (χ1n) is 12.1. The number of H-pyrrole nitrogens is 1. The van der Waals surface area contributed by atoms with Gasteiger partial charge in [-0.1, -0.05) is 6.07 Å². The van der Waals surface area contributed by atoms with Gasteiger partial charge in [-0.2, -0.15) is 0 Å². The first-order valence-corrected chi connectivity index (χ1v) is 12.1. The summed E-state index contributed by atoms with van der Waals surface area (Å²) in [5.41, 5.74) is 2.56. The summed E-state index contributed by atoms with van der Waals surface area (Å²) in [5, 5.41) is 5.91. The normalized spacial score (nSPS) is 18.0. The number of hydrogen-bond acceptors (Lipinski definition) is 6. The van der Waals surface area contributed by atoms with Gasteiger partial charge in [0, 0.05) is 61.2 Å². The minimum absolute atomic E-state index is 0.115. The molecule has 196 valence electrons. The Labute approximate surface area is 212 Å². The van der Waals surface area contributed by atoms with Crippen molar-refractivity contribution in [3.8, 4) is 17.0 Å². The van der Waals surface area contributed by atoms with Gasteiger partial charge in [0.1, 0.15) is 24.3 Å². The molecule has 0 aliphatic carbocycles. The molecular formula is C26H28F3N5O3. The third-order valence-corrected chi connectivity index (χ3v) is 6.52. The number of amides is 1. The number of fused-ring (bicyclic) bond motifs is 1. The number of aromatic amines is 1. The third kappa shape index (κ3) is 5.42. The monoisotopic (exact) mass is 515 g/mol. The Balaban J connectivity index is 1.54. The van der Waals surface area contributed by atoms with E-state index in [4.69, 9.17) is 9.47 Å². The lowest BCUT2D eigenvalue weighted by atomic mass is 10.0. The fourth-order valence-electron chi connectivity index (χ4n) is 4.73. The molecule has 1 aromatic carbocycles. The average molecular weight is 516 g/mol. The molecular weight excluding hydrogens is 487 g/mol. The fraction of sp³-hybridized carbons (Fsp3) is 0.385. The van der Waals surface area contributed by atoms with Gasteiger partial charge in [-0.3, -0.25) is 9.78 Å². The van der Waals surface area contributed by atoms with Crippen LogP contribution in [-0.2, 0) is 17.6 Å². The van der Waals surface area contributed by atoms with Crippen LogP contribution in [0.2, 0.25) is 0 Å². The SMILES string of the molecule is CN1CCOC(COc2cnccc2-c2[nH]c3c(c2Nc2cccc(F)c2CC(F)F)C(=O)NCC3)C1. The van der Waals surface area contributed by atoms with Crippen LogP contribution < -0.4 is 15.4 Å². The maximum atomic E-state index is 14.5. The van der Waals surface area contributed by atoms with E-state index in [9.17, 15) is 18.0 Å². The molecule has 11 heteroatoms. The summed E-state index contributed by atoms with van der Waals surface area (Å²) in [6, 6.07) is 5.84. The summed E-state index contributed by atoms with van der Waals surface area (Å²) in [6.45, 7) is 2.95. The van der Waals surface area contributed by atoms with Gasteiger partial charge in [0.05, 0.1) is 29.7 Å². The minimum atomic E-state index is -2.73. The summed E-state index contributed by atoms with van der Waals surface area (Å²) < 4.78 is 53.0. The number of likely N-dealkylation sites (N-methyl/N-ethyl adjacent to an activating group) is 1. The number of anilines is 2. The molecule has 1 amide bonds. The van der Waals surface area contributed by atoms with Gasteiger partial charge in [-0.05, 0) is 25.2 Å². The highest BCUT2D eigenvalue weighted by Crippen LogP contribution is 2.41. The predicted molar refractivity (Wildman–Crippen MR) is 132 cm³/mol. The zero-order valence-corrected chi connectivity index (χ0v) is 20.3. The van der Waals surface area contributed by atoms with Crippen LogP contribution in [0.5, 0.6) is 5.75 Å². The van der Waals surface area contributed by atoms with Crippen molar-refractivity contribution in [2.75, 3.05) is 45.2 Å². The van der Waals surface area contributed by atoms with Crippen molar-refractivity contribution in [1.29, 1.82) is 0 Å². The van der Waals surface area contributed by atoms with Crippen LogP contribution in [0, 0.1) is 5.82 Å². The smallest absolute Gasteiger partial charge is 0.255 e. The van der Waals surface area contributed by atoms with E-state index < -0.39 is 18.7 Å². The standard InChI is InChI=1S/C26H28F3N5O3/c1-34-9-10-36-15(13-34)14-37-21-12-30-7-5-16(21)24-25(23-20(33-24)6-8-31-26(23)35)32-19-4-2-3-18(27)17(19)11-22(28)29/h2-5,7,12,15,22,32-33H,6,8-11,13-14H2,1H3,(H,31,35). The number of benzene rings is 1. The van der Waals surface area contributed by atoms with Gasteiger partial charge >= 0.3 is 0 Å². The second-order valence-electron chi connectivity index (χ2n) is 9.16. The summed E-state index contributed by atoms with van der Waals surface area (Å²) >= 11 is 0. The largest absolute Gasteiger partial charge is 0.488 e. The van der Waals surface area contributed by atoms with E-state index in [1.165, 1.54) is 12.1 Å². The Morgan fingerprint density at radius 2 is 2.19 bits per heavy atom. The Bertz CT molecular complexity index is 1280. The molecule has 1 fully saturated rings. The molecule has 2 aromatic heterocycles. The quantitative estimate of drug-likeness (QED) is 0.423. The topological polar surface area (TPSA) is 91.5 Å². The molecule has 0 bridgehead atoms. The lowest BCUT2D eigenvalue weighted by molar-refractivity contribution is -0.0403. The maximum absolute atomic E-state index is 14.5. The molecule has 0 saturated carbocycles. The Hall–Kier alpha value is -3.57. The van der Waals surface area contributed by atoms with E-state index in [1.54, 1.807) is 18.5 Å². The molecule has 5 rings (SSSR count). The van der Waals surface area contributed by atoms with Crippen molar-refractivity contribution >= 4 is 17.3 Å². The van der Waals surface area contributed by atoms with Crippen molar-refractivity contribution in [3.63, 3.8) is 0 Å². The van der Waals surface area contributed by atoms with Crippen LogP contribution in [-0.4, -0.2) is 73.2 Å². The van der Waals surface area contributed by atoms with E-state index in [0.29, 0.717) is 60.1 Å². The molecule has 4 heterocycles. The number of carbonyl (C=O) groups is 1. The van der Waals surface area contributed by atoms with E-state index in [2.05, 4.69) is 25.5 Å². The number of aromatic nitrogens is 2. The van der Waals surface area contributed by atoms with Crippen LogP contribution >= 0.6 is 0 Å². The first kappa shape index (κ1) is 25.1. The number of nitrogens with one attached hydrogen (secondary N) is 3. The molecule has 2 aliphatic rings. The van der Waals surface area contributed by atoms with Crippen molar-refractivity contribution in [2.45, 2.75) is 25.4 Å². The predicted octanol–water partition coefficient (Wildman–Crippen LogP) is 3.76. The van der Waals surface area contributed by atoms with E-state index in [-0.39, 0.29) is 23.3 Å². The summed E-state index contributed by atoms with van der Waals surface area (Å²) in [7, 11) is 2.02. The number of rotatable bonds is 8. The molecule has 1 unspecified atom stereocenters. The van der Waals surface area contributed by atoms with E-state index in [1.807, 2.05) is 7.05 Å². The summed E-state index contributed by atoms with van der Waals surface area (Å²) in [4.78, 5) is 22.6. The molecule has 2 aliphatic heterocycles. The minimum Gasteiger partial charge on any atom is -0.488 e. The zero-order chi connectivity index (χ0) is 25.9. The summed E-state index contributed by atoms with van der Waals surface area (Å²) in [5.74, 6) is -0.590. The van der Waals surface area contributed by atoms with Gasteiger partial charge in [0.15, 0.2) is 0 Å².